The normalized spacial score (nSPS) is 11.6. The quantitative estimate of drug-likeness (QED) is 0.790. The van der Waals surface area contributed by atoms with Crippen LogP contribution in [0.25, 0.3) is 0 Å². The third-order valence-electron chi connectivity index (χ3n) is 3.86. The summed E-state index contributed by atoms with van der Waals surface area (Å²) in [7, 11) is -3.24. The van der Waals surface area contributed by atoms with Crippen molar-refractivity contribution in [3.05, 3.63) is 29.8 Å². The van der Waals surface area contributed by atoms with E-state index in [4.69, 9.17) is 5.73 Å². The van der Waals surface area contributed by atoms with Gasteiger partial charge in [0.2, 0.25) is 0 Å². The molecule has 0 spiro atoms. The highest BCUT2D eigenvalue weighted by Crippen LogP contribution is 2.13. The first kappa shape index (κ1) is 20.9. The van der Waals surface area contributed by atoms with E-state index in [1.807, 2.05) is 13.8 Å². The van der Waals surface area contributed by atoms with E-state index in [1.165, 1.54) is 24.3 Å². The molecule has 0 atom stereocenters. The smallest absolute Gasteiger partial charge is 0.251 e. The highest BCUT2D eigenvalue weighted by atomic mass is 35.5. The van der Waals surface area contributed by atoms with Crippen LogP contribution in [0.4, 0.5) is 0 Å². The molecule has 0 saturated heterocycles. The van der Waals surface area contributed by atoms with Crippen LogP contribution in [0.5, 0.6) is 0 Å². The van der Waals surface area contributed by atoms with Crippen molar-refractivity contribution in [2.24, 2.45) is 5.73 Å². The highest BCUT2D eigenvalue weighted by Gasteiger charge is 2.21. The molecule has 7 heteroatoms. The van der Waals surface area contributed by atoms with Crippen molar-refractivity contribution in [3.63, 3.8) is 0 Å². The Kier molecular flexibility index (Phi) is 8.07. The van der Waals surface area contributed by atoms with Gasteiger partial charge in [-0.3, -0.25) is 4.79 Å². The summed E-state index contributed by atoms with van der Waals surface area (Å²) in [5.74, 6) is -0.200. The number of nitrogens with one attached hydrogen (secondary N) is 1. The van der Waals surface area contributed by atoms with Gasteiger partial charge in [-0.05, 0) is 37.1 Å². The number of amides is 1. The minimum atomic E-state index is -3.24. The fourth-order valence-electron chi connectivity index (χ4n) is 1.84. The fourth-order valence-corrected chi connectivity index (χ4v) is 2.72. The molecule has 0 aliphatic rings. The van der Waals surface area contributed by atoms with Crippen LogP contribution in [0.3, 0.4) is 0 Å². The summed E-state index contributed by atoms with van der Waals surface area (Å²) < 4.78 is 23.4. The lowest BCUT2D eigenvalue weighted by atomic mass is 9.94. The van der Waals surface area contributed by atoms with Gasteiger partial charge in [0.1, 0.15) is 0 Å². The van der Waals surface area contributed by atoms with Crippen LogP contribution in [0.2, 0.25) is 0 Å². The Morgan fingerprint density at radius 2 is 1.64 bits per heavy atom. The molecule has 0 aliphatic carbocycles. The maximum Gasteiger partial charge on any atom is 0.251 e. The zero-order chi connectivity index (χ0) is 16.1. The first-order chi connectivity index (χ1) is 9.78. The number of nitrogens with two attached hydrogens (primary N) is 1. The molecular weight excluding hydrogens is 324 g/mol. The van der Waals surface area contributed by atoms with Gasteiger partial charge in [-0.2, -0.15) is 0 Å². The van der Waals surface area contributed by atoms with Gasteiger partial charge in [0.05, 0.1) is 10.6 Å². The Morgan fingerprint density at radius 1 is 1.14 bits per heavy atom. The van der Waals surface area contributed by atoms with Crippen LogP contribution >= 0.6 is 12.4 Å². The van der Waals surface area contributed by atoms with Crippen molar-refractivity contribution in [3.8, 4) is 0 Å². The average Bonchev–Trinajstić information content (AvgIpc) is 2.52. The number of carbonyl (C=O) groups is 1. The van der Waals surface area contributed by atoms with Crippen LogP contribution in [0.1, 0.15) is 44.0 Å². The number of hydrogen-bond acceptors (Lipinski definition) is 4. The molecule has 5 nitrogen and oxygen atoms in total. The summed E-state index contributed by atoms with van der Waals surface area (Å²) in [6.07, 6.45) is 1.55. The molecule has 3 N–H and O–H groups in total. The Balaban J connectivity index is 0.00000441. The molecule has 0 aliphatic heterocycles. The van der Waals surface area contributed by atoms with Gasteiger partial charge in [0.15, 0.2) is 9.84 Å². The van der Waals surface area contributed by atoms with E-state index < -0.39 is 15.4 Å². The summed E-state index contributed by atoms with van der Waals surface area (Å²) in [4.78, 5) is 12.3. The third kappa shape index (κ3) is 5.26. The van der Waals surface area contributed by atoms with Gasteiger partial charge >= 0.3 is 0 Å². The second-order valence-electron chi connectivity index (χ2n) is 5.18. The lowest BCUT2D eigenvalue weighted by Gasteiger charge is -2.26. The maximum absolute atomic E-state index is 12.0. The van der Waals surface area contributed by atoms with Crippen LogP contribution < -0.4 is 11.1 Å². The molecule has 0 unspecified atom stereocenters. The molecule has 1 rings (SSSR count). The van der Waals surface area contributed by atoms with Crippen LogP contribution in [0, 0.1) is 0 Å². The van der Waals surface area contributed by atoms with Gasteiger partial charge in [0, 0.05) is 17.6 Å². The summed E-state index contributed by atoms with van der Waals surface area (Å²) in [6, 6.07) is 5.97. The largest absolute Gasteiger partial charge is 0.350 e. The zero-order valence-corrected chi connectivity index (χ0v) is 14.9. The number of sulfone groups is 1. The molecule has 0 heterocycles. The van der Waals surface area contributed by atoms with Crippen molar-refractivity contribution in [1.82, 2.24) is 5.32 Å². The average molecular weight is 349 g/mol. The van der Waals surface area contributed by atoms with E-state index in [1.54, 1.807) is 6.92 Å². The van der Waals surface area contributed by atoms with E-state index in [-0.39, 0.29) is 29.0 Å². The zero-order valence-electron chi connectivity index (χ0n) is 13.3. The van der Waals surface area contributed by atoms with Crippen molar-refractivity contribution in [1.29, 1.82) is 0 Å². The van der Waals surface area contributed by atoms with Crippen LogP contribution in [-0.4, -0.2) is 32.2 Å². The van der Waals surface area contributed by atoms with E-state index in [0.717, 1.165) is 12.8 Å². The molecule has 0 aromatic heterocycles. The van der Waals surface area contributed by atoms with Crippen LogP contribution in [0.15, 0.2) is 29.2 Å². The number of rotatable bonds is 7. The van der Waals surface area contributed by atoms with Crippen molar-refractivity contribution in [2.75, 3.05) is 12.3 Å². The molecule has 126 valence electrons. The first-order valence-electron chi connectivity index (χ1n) is 7.18. The fraction of sp³-hybridized carbons (Fsp3) is 0.533. The number of benzene rings is 1. The summed E-state index contributed by atoms with van der Waals surface area (Å²) in [5.41, 5.74) is 6.16. The number of hydrogen-bond donors (Lipinski definition) is 2. The minimum absolute atomic E-state index is 0. The molecule has 0 fully saturated rings. The third-order valence-corrected chi connectivity index (χ3v) is 5.62. The van der Waals surface area contributed by atoms with E-state index in [9.17, 15) is 13.2 Å². The Hall–Kier alpha value is -1.11. The molecule has 1 aromatic rings. The Bertz CT molecular complexity index is 581. The summed E-state index contributed by atoms with van der Waals surface area (Å²) in [5, 5.41) is 2.80. The van der Waals surface area contributed by atoms with Crippen molar-refractivity contribution >= 4 is 28.2 Å². The number of halogens is 1. The van der Waals surface area contributed by atoms with Gasteiger partial charge in [-0.15, -0.1) is 12.4 Å². The van der Waals surface area contributed by atoms with Crippen molar-refractivity contribution in [2.45, 2.75) is 44.0 Å². The van der Waals surface area contributed by atoms with E-state index >= 15 is 0 Å². The van der Waals surface area contributed by atoms with Gasteiger partial charge in [0.25, 0.3) is 5.91 Å². The summed E-state index contributed by atoms with van der Waals surface area (Å²) >= 11 is 0. The van der Waals surface area contributed by atoms with Crippen molar-refractivity contribution < 1.29 is 13.2 Å². The van der Waals surface area contributed by atoms with E-state index in [2.05, 4.69) is 5.32 Å². The molecule has 0 saturated carbocycles. The lowest BCUT2D eigenvalue weighted by molar-refractivity contribution is 0.0942. The van der Waals surface area contributed by atoms with Gasteiger partial charge in [-0.25, -0.2) is 8.42 Å². The maximum atomic E-state index is 12.0. The molecule has 1 aromatic carbocycles. The minimum Gasteiger partial charge on any atom is -0.350 e. The predicted molar refractivity (Wildman–Crippen MR) is 91.3 cm³/mol. The lowest BCUT2D eigenvalue weighted by Crippen LogP contribution is -2.49. The molecule has 0 radical (unpaired) electrons. The second kappa shape index (κ2) is 8.50. The molecule has 0 bridgehead atoms. The summed E-state index contributed by atoms with van der Waals surface area (Å²) in [6.45, 7) is 5.96. The topological polar surface area (TPSA) is 89.3 Å². The monoisotopic (exact) mass is 348 g/mol. The van der Waals surface area contributed by atoms with Gasteiger partial charge < -0.3 is 11.1 Å². The molecular formula is C15H25ClN2O3S. The molecule has 1 amide bonds. The SMILES string of the molecule is CCC(N)(CC)CNC(=O)c1ccc(S(=O)(=O)CC)cc1.Cl. The Morgan fingerprint density at radius 3 is 2.05 bits per heavy atom. The first-order valence-corrected chi connectivity index (χ1v) is 8.83. The predicted octanol–water partition coefficient (Wildman–Crippen LogP) is 2.15. The molecule has 22 heavy (non-hydrogen) atoms. The number of carbonyl (C=O) groups excluding carboxylic acids is 1. The highest BCUT2D eigenvalue weighted by molar-refractivity contribution is 7.91. The Labute approximate surface area is 139 Å². The van der Waals surface area contributed by atoms with Gasteiger partial charge in [-0.1, -0.05) is 20.8 Å². The second-order valence-corrected chi connectivity index (χ2v) is 7.46. The standard InChI is InChI=1S/C15H24N2O3S.ClH/c1-4-15(16,5-2)11-17-14(18)12-7-9-13(10-8-12)21(19,20)6-3;/h7-10H,4-6,11,16H2,1-3H3,(H,17,18);1H. The van der Waals surface area contributed by atoms with Crippen LogP contribution in [-0.2, 0) is 9.84 Å². The van der Waals surface area contributed by atoms with E-state index in [0.29, 0.717) is 12.1 Å².